The number of amides is 1. The van der Waals surface area contributed by atoms with E-state index in [1.54, 1.807) is 4.90 Å². The number of carbonyl (C=O) groups is 1. The van der Waals surface area contributed by atoms with Crippen molar-refractivity contribution in [1.82, 2.24) is 14.1 Å². The van der Waals surface area contributed by atoms with Crippen LogP contribution in [0.2, 0.25) is 5.02 Å². The topological polar surface area (TPSA) is 70.2 Å². The van der Waals surface area contributed by atoms with Crippen molar-refractivity contribution in [3.63, 3.8) is 0 Å². The van der Waals surface area contributed by atoms with Gasteiger partial charge in [0.1, 0.15) is 5.75 Å². The highest BCUT2D eigenvalue weighted by molar-refractivity contribution is 7.89. The van der Waals surface area contributed by atoms with Crippen LogP contribution in [0.4, 0.5) is 0 Å². The summed E-state index contributed by atoms with van der Waals surface area (Å²) in [4.78, 5) is 16.2. The van der Waals surface area contributed by atoms with E-state index >= 15 is 0 Å². The lowest BCUT2D eigenvalue weighted by Crippen LogP contribution is -2.50. The Morgan fingerprint density at radius 3 is 2.48 bits per heavy atom. The highest BCUT2D eigenvalue weighted by atomic mass is 35.5. The molecule has 1 aromatic carbocycles. The number of hydrogen-bond donors (Lipinski definition) is 0. The van der Waals surface area contributed by atoms with Crippen LogP contribution in [0.3, 0.4) is 0 Å². The van der Waals surface area contributed by atoms with E-state index in [2.05, 4.69) is 4.90 Å². The van der Waals surface area contributed by atoms with Crippen molar-refractivity contribution in [3.8, 4) is 5.75 Å². The summed E-state index contributed by atoms with van der Waals surface area (Å²) in [6, 6.07) is 4.30. The number of nitrogens with zero attached hydrogens (tertiary/aromatic N) is 3. The summed E-state index contributed by atoms with van der Waals surface area (Å²) in [6.45, 7) is 4.85. The van der Waals surface area contributed by atoms with Crippen LogP contribution in [-0.4, -0.2) is 81.9 Å². The van der Waals surface area contributed by atoms with Gasteiger partial charge in [0.25, 0.3) is 0 Å². The van der Waals surface area contributed by atoms with Crippen molar-refractivity contribution in [3.05, 3.63) is 23.2 Å². The van der Waals surface area contributed by atoms with E-state index < -0.39 is 10.0 Å². The first kappa shape index (κ1) is 20.0. The fourth-order valence-electron chi connectivity index (χ4n) is 2.53. The third-order valence-electron chi connectivity index (χ3n) is 4.13. The number of carbonyl (C=O) groups excluding carboxylic acids is 1. The normalized spacial score (nSPS) is 16.3. The minimum atomic E-state index is -3.80. The molecule has 0 bridgehead atoms. The molecule has 0 spiro atoms. The maximum atomic E-state index is 12.7. The van der Waals surface area contributed by atoms with E-state index in [4.69, 9.17) is 16.3 Å². The van der Waals surface area contributed by atoms with Crippen LogP contribution < -0.4 is 4.74 Å². The molecule has 9 heteroatoms. The largest absolute Gasteiger partial charge is 0.492 e. The van der Waals surface area contributed by atoms with Crippen LogP contribution in [0.25, 0.3) is 0 Å². The molecule has 1 amide bonds. The SMILES string of the molecule is CCOc1ccc(S(=O)(=O)N(C)CC(=O)N2CCN(C)CC2)cc1Cl. The Bertz CT molecular complexity index is 718. The molecule has 7 nitrogen and oxygen atoms in total. The minimum absolute atomic E-state index is 0.0367. The molecule has 1 aliphatic rings. The number of sulfonamides is 1. The standard InChI is InChI=1S/C16H24ClN3O4S/c1-4-24-15-6-5-13(11-14(15)17)25(22,23)19(3)12-16(21)20-9-7-18(2)8-10-20/h5-6,11H,4,7-10,12H2,1-3H3. The molecule has 0 unspecified atom stereocenters. The Balaban J connectivity index is 2.08. The first-order valence-electron chi connectivity index (χ1n) is 8.10. The molecule has 2 rings (SSSR count). The average molecular weight is 390 g/mol. The molecule has 140 valence electrons. The van der Waals surface area contributed by atoms with Gasteiger partial charge in [-0.2, -0.15) is 4.31 Å². The predicted octanol–water partition coefficient (Wildman–Crippen LogP) is 1.13. The van der Waals surface area contributed by atoms with E-state index in [0.29, 0.717) is 25.4 Å². The number of halogens is 1. The van der Waals surface area contributed by atoms with Crippen molar-refractivity contribution in [2.45, 2.75) is 11.8 Å². The maximum absolute atomic E-state index is 12.7. The number of piperazine rings is 1. The molecule has 1 aliphatic heterocycles. The molecular formula is C16H24ClN3O4S. The van der Waals surface area contributed by atoms with Gasteiger partial charge >= 0.3 is 0 Å². The zero-order chi connectivity index (χ0) is 18.6. The van der Waals surface area contributed by atoms with Gasteiger partial charge in [-0.15, -0.1) is 0 Å². The fraction of sp³-hybridized carbons (Fsp3) is 0.562. The Kier molecular flexibility index (Phi) is 6.67. The van der Waals surface area contributed by atoms with Gasteiger partial charge in [0.15, 0.2) is 0 Å². The second-order valence-electron chi connectivity index (χ2n) is 5.97. The Morgan fingerprint density at radius 1 is 1.28 bits per heavy atom. The molecule has 0 N–H and O–H groups in total. The van der Waals surface area contributed by atoms with Gasteiger partial charge in [-0.3, -0.25) is 4.79 Å². The third kappa shape index (κ3) is 4.84. The second-order valence-corrected chi connectivity index (χ2v) is 8.42. The molecule has 0 saturated carbocycles. The Hall–Kier alpha value is -1.35. The smallest absolute Gasteiger partial charge is 0.243 e. The van der Waals surface area contributed by atoms with Crippen molar-refractivity contribution in [2.24, 2.45) is 0 Å². The molecule has 0 radical (unpaired) electrons. The van der Waals surface area contributed by atoms with Gasteiger partial charge in [0.05, 0.1) is 23.1 Å². The van der Waals surface area contributed by atoms with Crippen molar-refractivity contribution in [2.75, 3.05) is 53.4 Å². The third-order valence-corrected chi connectivity index (χ3v) is 6.22. The van der Waals surface area contributed by atoms with Crippen LogP contribution in [0.1, 0.15) is 6.92 Å². The van der Waals surface area contributed by atoms with Crippen LogP contribution in [0.15, 0.2) is 23.1 Å². The Morgan fingerprint density at radius 2 is 1.92 bits per heavy atom. The fourth-order valence-corrected chi connectivity index (χ4v) is 3.97. The van der Waals surface area contributed by atoms with Crippen molar-refractivity contribution < 1.29 is 17.9 Å². The van der Waals surface area contributed by atoms with Gasteiger partial charge in [0, 0.05) is 33.2 Å². The highest BCUT2D eigenvalue weighted by Gasteiger charge is 2.27. The summed E-state index contributed by atoms with van der Waals surface area (Å²) in [5, 5.41) is 0.224. The van der Waals surface area contributed by atoms with E-state index in [9.17, 15) is 13.2 Å². The van der Waals surface area contributed by atoms with Crippen LogP contribution in [0.5, 0.6) is 5.75 Å². The molecular weight excluding hydrogens is 366 g/mol. The molecule has 1 heterocycles. The second kappa shape index (κ2) is 8.35. The van der Waals surface area contributed by atoms with Gasteiger partial charge in [-0.05, 0) is 32.2 Å². The van der Waals surface area contributed by atoms with Crippen molar-refractivity contribution >= 4 is 27.5 Å². The summed E-state index contributed by atoms with van der Waals surface area (Å²) in [5.74, 6) is 0.232. The lowest BCUT2D eigenvalue weighted by atomic mass is 10.3. The highest BCUT2D eigenvalue weighted by Crippen LogP contribution is 2.28. The number of benzene rings is 1. The summed E-state index contributed by atoms with van der Waals surface area (Å²) in [7, 11) is -0.412. The summed E-state index contributed by atoms with van der Waals surface area (Å²) in [6.07, 6.45) is 0. The van der Waals surface area contributed by atoms with E-state index in [0.717, 1.165) is 17.4 Å². The average Bonchev–Trinajstić information content (AvgIpc) is 2.57. The quantitative estimate of drug-likeness (QED) is 0.729. The molecule has 1 aromatic rings. The van der Waals surface area contributed by atoms with Gasteiger partial charge in [-0.1, -0.05) is 11.6 Å². The summed E-state index contributed by atoms with van der Waals surface area (Å²) >= 11 is 6.07. The zero-order valence-corrected chi connectivity index (χ0v) is 16.3. The molecule has 0 aliphatic carbocycles. The minimum Gasteiger partial charge on any atom is -0.492 e. The zero-order valence-electron chi connectivity index (χ0n) is 14.7. The van der Waals surface area contributed by atoms with E-state index in [-0.39, 0.29) is 22.4 Å². The molecule has 0 atom stereocenters. The predicted molar refractivity (Wildman–Crippen MR) is 96.5 cm³/mol. The van der Waals surface area contributed by atoms with E-state index in [1.165, 1.54) is 25.2 Å². The molecule has 1 saturated heterocycles. The number of hydrogen-bond acceptors (Lipinski definition) is 5. The summed E-state index contributed by atoms with van der Waals surface area (Å²) in [5.41, 5.74) is 0. The summed E-state index contributed by atoms with van der Waals surface area (Å²) < 4.78 is 31.7. The molecule has 1 fully saturated rings. The maximum Gasteiger partial charge on any atom is 0.243 e. The lowest BCUT2D eigenvalue weighted by Gasteiger charge is -2.33. The van der Waals surface area contributed by atoms with E-state index in [1.807, 2.05) is 14.0 Å². The number of rotatable bonds is 6. The van der Waals surface area contributed by atoms with Crippen LogP contribution in [-0.2, 0) is 14.8 Å². The van der Waals surface area contributed by atoms with Crippen LogP contribution in [0, 0.1) is 0 Å². The number of ether oxygens (including phenoxy) is 1. The van der Waals surface area contributed by atoms with Crippen molar-refractivity contribution in [1.29, 1.82) is 0 Å². The van der Waals surface area contributed by atoms with Gasteiger partial charge in [-0.25, -0.2) is 8.42 Å². The Labute approximate surface area is 154 Å². The first-order valence-corrected chi connectivity index (χ1v) is 9.92. The van der Waals surface area contributed by atoms with Crippen LogP contribution >= 0.6 is 11.6 Å². The first-order chi connectivity index (χ1) is 11.8. The molecule has 25 heavy (non-hydrogen) atoms. The monoisotopic (exact) mass is 389 g/mol. The van der Waals surface area contributed by atoms with Gasteiger partial charge < -0.3 is 14.5 Å². The number of likely N-dealkylation sites (N-methyl/N-ethyl adjacent to an activating group) is 2. The van der Waals surface area contributed by atoms with Gasteiger partial charge in [0.2, 0.25) is 15.9 Å². The lowest BCUT2D eigenvalue weighted by molar-refractivity contribution is -0.132. The molecule has 0 aromatic heterocycles.